The van der Waals surface area contributed by atoms with Crippen LogP contribution in [0.3, 0.4) is 0 Å². The molecule has 2 heteroatoms. The Morgan fingerprint density at radius 1 is 0.875 bits per heavy atom. The first kappa shape index (κ1) is 9.04. The third kappa shape index (κ3) is 1.54. The number of hydrogen-bond donors (Lipinski definition) is 0. The van der Waals surface area contributed by atoms with Crippen molar-refractivity contribution < 1.29 is 4.57 Å². The maximum atomic E-state index is 4.31. The second kappa shape index (κ2) is 3.74. The molecule has 0 saturated heterocycles. The van der Waals surface area contributed by atoms with Crippen LogP contribution in [0.1, 0.15) is 0 Å². The highest BCUT2D eigenvalue weighted by molar-refractivity contribution is 5.79. The van der Waals surface area contributed by atoms with E-state index in [0.717, 1.165) is 16.6 Å². The predicted octanol–water partition coefficient (Wildman–Crippen LogP) is 2.51. The molecule has 0 fully saturated rings. The molecule has 2 nitrogen and oxygen atoms in total. The Kier molecular flexibility index (Phi) is 2.11. The number of hydrogen-bond acceptors (Lipinski definition) is 1. The molecule has 0 unspecified atom stereocenters. The lowest BCUT2D eigenvalue weighted by Gasteiger charge is -1.98. The molecule has 0 radical (unpaired) electrons. The van der Waals surface area contributed by atoms with Crippen molar-refractivity contribution in [2.75, 3.05) is 0 Å². The van der Waals surface area contributed by atoms with Gasteiger partial charge in [-0.2, -0.15) is 4.57 Å². The molecule has 3 aromatic rings. The lowest BCUT2D eigenvalue weighted by molar-refractivity contribution is -0.595. The molecule has 76 valence electrons. The molecular weight excluding hydrogens is 196 g/mol. The zero-order valence-electron chi connectivity index (χ0n) is 8.75. The first-order valence-electron chi connectivity index (χ1n) is 5.25. The third-order valence-corrected chi connectivity index (χ3v) is 2.60. The molecule has 2 aromatic heterocycles. The molecule has 0 bridgehead atoms. The van der Waals surface area contributed by atoms with Crippen molar-refractivity contribution in [2.45, 2.75) is 0 Å². The van der Waals surface area contributed by atoms with E-state index in [9.17, 15) is 0 Å². The first-order chi connectivity index (χ1) is 7.93. The molecule has 2 heterocycles. The molecule has 0 aliphatic carbocycles. The summed E-state index contributed by atoms with van der Waals surface area (Å²) in [5.74, 6) is 0. The predicted molar refractivity (Wildman–Crippen MR) is 63.3 cm³/mol. The van der Waals surface area contributed by atoms with Gasteiger partial charge in [-0.3, -0.25) is 4.98 Å². The van der Waals surface area contributed by atoms with Crippen LogP contribution in [0, 0.1) is 0 Å². The van der Waals surface area contributed by atoms with E-state index < -0.39 is 0 Å². The van der Waals surface area contributed by atoms with Crippen LogP contribution in [-0.2, 0) is 0 Å². The van der Waals surface area contributed by atoms with Crippen LogP contribution in [0.4, 0.5) is 0 Å². The zero-order valence-corrected chi connectivity index (χ0v) is 8.75. The summed E-state index contributed by atoms with van der Waals surface area (Å²) in [5, 5.41) is 1.16. The maximum absolute atomic E-state index is 4.31. The molecule has 0 amide bonds. The van der Waals surface area contributed by atoms with Crippen molar-refractivity contribution in [1.82, 2.24) is 4.98 Å². The number of rotatable bonds is 1. The monoisotopic (exact) mass is 207 g/mol. The van der Waals surface area contributed by atoms with Crippen molar-refractivity contribution in [3.05, 3.63) is 67.1 Å². The van der Waals surface area contributed by atoms with Gasteiger partial charge in [-0.25, -0.2) is 0 Å². The van der Waals surface area contributed by atoms with Crippen LogP contribution in [0.15, 0.2) is 67.1 Å². The molecule has 0 aliphatic rings. The van der Waals surface area contributed by atoms with Gasteiger partial charge in [0.15, 0.2) is 12.4 Å². The normalized spacial score (nSPS) is 10.5. The standard InChI is InChI=1S/C14H11N2/c1-2-9-16(10-3-1)13-6-7-14-12(11-13)5-4-8-15-14/h1-11H/q+1. The van der Waals surface area contributed by atoms with E-state index in [1.807, 2.05) is 48.9 Å². The fraction of sp³-hybridized carbons (Fsp3) is 0. The lowest BCUT2D eigenvalue weighted by Crippen LogP contribution is -2.28. The Morgan fingerprint density at radius 3 is 2.62 bits per heavy atom. The van der Waals surface area contributed by atoms with Gasteiger partial charge in [0.25, 0.3) is 0 Å². The Bertz CT molecular complexity index is 618. The van der Waals surface area contributed by atoms with Crippen LogP contribution in [-0.4, -0.2) is 4.98 Å². The lowest BCUT2D eigenvalue weighted by atomic mass is 10.2. The van der Waals surface area contributed by atoms with Crippen LogP contribution in [0.2, 0.25) is 0 Å². The Hall–Kier alpha value is -2.22. The molecule has 16 heavy (non-hydrogen) atoms. The molecule has 0 spiro atoms. The van der Waals surface area contributed by atoms with Gasteiger partial charge in [-0.05, 0) is 12.1 Å². The van der Waals surface area contributed by atoms with E-state index in [-0.39, 0.29) is 0 Å². The Morgan fingerprint density at radius 2 is 1.75 bits per heavy atom. The summed E-state index contributed by atoms with van der Waals surface area (Å²) in [6.07, 6.45) is 5.90. The summed E-state index contributed by atoms with van der Waals surface area (Å²) >= 11 is 0. The molecule has 0 aliphatic heterocycles. The fourth-order valence-corrected chi connectivity index (χ4v) is 1.79. The number of benzene rings is 1. The van der Waals surface area contributed by atoms with Crippen molar-refractivity contribution >= 4 is 10.9 Å². The highest BCUT2D eigenvalue weighted by atomic mass is 14.9. The fourth-order valence-electron chi connectivity index (χ4n) is 1.79. The van der Waals surface area contributed by atoms with Crippen LogP contribution in [0.25, 0.3) is 16.6 Å². The van der Waals surface area contributed by atoms with Crippen molar-refractivity contribution in [1.29, 1.82) is 0 Å². The highest BCUT2D eigenvalue weighted by Crippen LogP contribution is 2.12. The van der Waals surface area contributed by atoms with Gasteiger partial charge >= 0.3 is 0 Å². The van der Waals surface area contributed by atoms with Crippen molar-refractivity contribution in [3.8, 4) is 5.69 Å². The maximum Gasteiger partial charge on any atom is 0.211 e. The van der Waals surface area contributed by atoms with E-state index in [1.165, 1.54) is 0 Å². The SMILES string of the molecule is c1cc[n+](-c2ccc3ncccc3c2)cc1. The summed E-state index contributed by atoms with van der Waals surface area (Å²) < 4.78 is 2.09. The summed E-state index contributed by atoms with van der Waals surface area (Å²) in [6.45, 7) is 0. The first-order valence-corrected chi connectivity index (χ1v) is 5.25. The topological polar surface area (TPSA) is 16.8 Å². The van der Waals surface area contributed by atoms with E-state index >= 15 is 0 Å². The Balaban J connectivity index is 2.19. The van der Waals surface area contributed by atoms with Gasteiger partial charge in [0.1, 0.15) is 0 Å². The number of pyridine rings is 2. The zero-order chi connectivity index (χ0) is 10.8. The summed E-state index contributed by atoms with van der Waals surface area (Å²) in [5.41, 5.74) is 2.18. The van der Waals surface area contributed by atoms with Gasteiger partial charge in [0.05, 0.1) is 5.52 Å². The van der Waals surface area contributed by atoms with E-state index in [0.29, 0.717) is 0 Å². The quantitative estimate of drug-likeness (QED) is 0.560. The minimum atomic E-state index is 1.03. The molecule has 1 aromatic carbocycles. The van der Waals surface area contributed by atoms with Crippen LogP contribution < -0.4 is 4.57 Å². The molecule has 0 N–H and O–H groups in total. The van der Waals surface area contributed by atoms with E-state index in [2.05, 4.69) is 27.8 Å². The van der Waals surface area contributed by atoms with E-state index in [4.69, 9.17) is 0 Å². The largest absolute Gasteiger partial charge is 0.256 e. The van der Waals surface area contributed by atoms with Gasteiger partial charge in [-0.15, -0.1) is 0 Å². The second-order valence-corrected chi connectivity index (χ2v) is 3.66. The van der Waals surface area contributed by atoms with Gasteiger partial charge in [0, 0.05) is 35.8 Å². The number of fused-ring (bicyclic) bond motifs is 1. The van der Waals surface area contributed by atoms with Crippen LogP contribution >= 0.6 is 0 Å². The molecular formula is C14H11N2+. The molecule has 3 rings (SSSR count). The second-order valence-electron chi connectivity index (χ2n) is 3.66. The van der Waals surface area contributed by atoms with Gasteiger partial charge in [-0.1, -0.05) is 12.1 Å². The smallest absolute Gasteiger partial charge is 0.211 e. The van der Waals surface area contributed by atoms with Gasteiger partial charge in [0.2, 0.25) is 5.69 Å². The van der Waals surface area contributed by atoms with Crippen LogP contribution in [0.5, 0.6) is 0 Å². The summed E-state index contributed by atoms with van der Waals surface area (Å²) in [7, 11) is 0. The van der Waals surface area contributed by atoms with Crippen molar-refractivity contribution in [3.63, 3.8) is 0 Å². The average Bonchev–Trinajstić information content (AvgIpc) is 2.39. The summed E-state index contributed by atoms with van der Waals surface area (Å²) in [6, 6.07) is 16.4. The minimum absolute atomic E-state index is 1.03. The number of aromatic nitrogens is 2. The van der Waals surface area contributed by atoms with Gasteiger partial charge < -0.3 is 0 Å². The molecule has 0 atom stereocenters. The number of nitrogens with zero attached hydrogens (tertiary/aromatic N) is 2. The highest BCUT2D eigenvalue weighted by Gasteiger charge is 2.04. The molecule has 0 saturated carbocycles. The average molecular weight is 207 g/mol. The van der Waals surface area contributed by atoms with E-state index in [1.54, 1.807) is 0 Å². The summed E-state index contributed by atoms with van der Waals surface area (Å²) in [4.78, 5) is 4.31. The van der Waals surface area contributed by atoms with Crippen molar-refractivity contribution in [2.24, 2.45) is 0 Å². The minimum Gasteiger partial charge on any atom is -0.256 e. The Labute approximate surface area is 93.8 Å². The third-order valence-electron chi connectivity index (χ3n) is 2.60.